The third-order valence-corrected chi connectivity index (χ3v) is 3.73. The van der Waals surface area contributed by atoms with E-state index in [4.69, 9.17) is 9.52 Å². The van der Waals surface area contributed by atoms with Crippen molar-refractivity contribution in [3.05, 3.63) is 47.6 Å². The van der Waals surface area contributed by atoms with Gasteiger partial charge in [-0.2, -0.15) is 4.98 Å². The quantitative estimate of drug-likeness (QED) is 0.380. The van der Waals surface area contributed by atoms with E-state index >= 15 is 0 Å². The van der Waals surface area contributed by atoms with Crippen molar-refractivity contribution in [3.63, 3.8) is 0 Å². The maximum atomic E-state index is 5.12. The van der Waals surface area contributed by atoms with Gasteiger partial charge >= 0.3 is 0 Å². The molecular weight excluding hydrogens is 429 g/mol. The van der Waals surface area contributed by atoms with Gasteiger partial charge in [0.25, 0.3) is 0 Å². The summed E-state index contributed by atoms with van der Waals surface area (Å²) >= 11 is 0. The first-order chi connectivity index (χ1) is 11.5. The van der Waals surface area contributed by atoms with E-state index in [9.17, 15) is 0 Å². The molecule has 138 valence electrons. The van der Waals surface area contributed by atoms with Crippen molar-refractivity contribution in [2.75, 3.05) is 19.6 Å². The summed E-state index contributed by atoms with van der Waals surface area (Å²) in [5.74, 6) is 2.10. The topological polar surface area (TPSA) is 75.3 Å². The van der Waals surface area contributed by atoms with Crippen molar-refractivity contribution in [2.24, 2.45) is 4.99 Å². The molecule has 0 unspecified atom stereocenters. The predicted molar refractivity (Wildman–Crippen MR) is 112 cm³/mol. The Hall–Kier alpha value is -1.64. The molecule has 0 aliphatic rings. The second kappa shape index (κ2) is 10.4. The highest BCUT2D eigenvalue weighted by Gasteiger charge is 2.20. The van der Waals surface area contributed by atoms with E-state index in [-0.39, 0.29) is 29.4 Å². The molecule has 2 aromatic rings. The minimum atomic E-state index is -0.0206. The highest BCUT2D eigenvalue weighted by molar-refractivity contribution is 14.0. The normalized spacial score (nSPS) is 11.8. The summed E-state index contributed by atoms with van der Waals surface area (Å²) in [6.07, 6.45) is 0.674. The van der Waals surface area contributed by atoms with Crippen LogP contribution in [0.3, 0.4) is 0 Å². The van der Waals surface area contributed by atoms with Crippen molar-refractivity contribution in [1.82, 2.24) is 20.8 Å². The van der Waals surface area contributed by atoms with Gasteiger partial charge in [-0.05, 0) is 19.4 Å². The van der Waals surface area contributed by atoms with Crippen LogP contribution in [0.15, 0.2) is 39.8 Å². The zero-order valence-corrected chi connectivity index (χ0v) is 17.7. The summed E-state index contributed by atoms with van der Waals surface area (Å²) in [6, 6.07) is 10.5. The van der Waals surface area contributed by atoms with E-state index in [2.05, 4.69) is 65.8 Å². The molecular formula is C18H28IN5O. The van der Waals surface area contributed by atoms with Crippen molar-refractivity contribution >= 4 is 29.9 Å². The highest BCUT2D eigenvalue weighted by Crippen LogP contribution is 2.22. The monoisotopic (exact) mass is 457 g/mol. The minimum absolute atomic E-state index is 0. The number of halogens is 1. The first kappa shape index (κ1) is 21.4. The van der Waals surface area contributed by atoms with Crippen LogP contribution in [0.4, 0.5) is 0 Å². The molecule has 2 rings (SSSR count). The van der Waals surface area contributed by atoms with Crippen LogP contribution in [0.2, 0.25) is 0 Å². The van der Waals surface area contributed by atoms with Gasteiger partial charge in [-0.15, -0.1) is 24.0 Å². The van der Waals surface area contributed by atoms with Crippen LogP contribution in [0.1, 0.15) is 38.0 Å². The Labute approximate surface area is 166 Å². The van der Waals surface area contributed by atoms with Crippen LogP contribution < -0.4 is 10.6 Å². The first-order valence-electron chi connectivity index (χ1n) is 8.38. The van der Waals surface area contributed by atoms with Gasteiger partial charge in [-0.3, -0.25) is 4.99 Å². The average Bonchev–Trinajstić information content (AvgIpc) is 2.99. The maximum absolute atomic E-state index is 5.12. The molecule has 2 N–H and O–H groups in total. The lowest BCUT2D eigenvalue weighted by Crippen LogP contribution is -2.39. The molecule has 25 heavy (non-hydrogen) atoms. The van der Waals surface area contributed by atoms with Gasteiger partial charge in [-0.25, -0.2) is 0 Å². The van der Waals surface area contributed by atoms with E-state index in [1.54, 1.807) is 0 Å². The molecule has 7 heteroatoms. The Balaban J connectivity index is 0.00000312. The average molecular weight is 457 g/mol. The standard InChI is InChI=1S/C18H27N5O.HI/c1-5-19-17(20-12-11-16-22-14(2)23-24-16)21-13-18(3,4)15-9-7-6-8-10-15;/h6-10H,5,11-13H2,1-4H3,(H2,19,20,21);1H. The number of benzene rings is 1. The second-order valence-corrected chi connectivity index (χ2v) is 6.36. The number of rotatable bonds is 7. The summed E-state index contributed by atoms with van der Waals surface area (Å²) < 4.78 is 5.12. The Morgan fingerprint density at radius 1 is 1.20 bits per heavy atom. The number of nitrogens with zero attached hydrogens (tertiary/aromatic N) is 3. The van der Waals surface area contributed by atoms with Gasteiger partial charge in [0.2, 0.25) is 5.89 Å². The van der Waals surface area contributed by atoms with Gasteiger partial charge in [0, 0.05) is 24.9 Å². The molecule has 1 aromatic heterocycles. The van der Waals surface area contributed by atoms with E-state index in [0.717, 1.165) is 12.5 Å². The molecule has 0 fully saturated rings. The zero-order chi connectivity index (χ0) is 17.4. The fraction of sp³-hybridized carbons (Fsp3) is 0.500. The van der Waals surface area contributed by atoms with Crippen LogP contribution in [0, 0.1) is 6.92 Å². The van der Waals surface area contributed by atoms with Crippen LogP contribution in [-0.4, -0.2) is 35.7 Å². The van der Waals surface area contributed by atoms with Gasteiger partial charge in [0.15, 0.2) is 11.8 Å². The van der Waals surface area contributed by atoms with Crippen molar-refractivity contribution in [1.29, 1.82) is 0 Å². The summed E-state index contributed by atoms with van der Waals surface area (Å²) in [6.45, 7) is 10.5. The van der Waals surface area contributed by atoms with Crippen molar-refractivity contribution < 1.29 is 4.52 Å². The molecule has 0 bridgehead atoms. The number of hydrogen-bond donors (Lipinski definition) is 2. The van der Waals surface area contributed by atoms with E-state index in [1.807, 2.05) is 13.0 Å². The van der Waals surface area contributed by atoms with Gasteiger partial charge in [-0.1, -0.05) is 49.3 Å². The SMILES string of the molecule is CCNC(=NCC(C)(C)c1ccccc1)NCCc1nc(C)no1.I. The third kappa shape index (κ3) is 7.01. The summed E-state index contributed by atoms with van der Waals surface area (Å²) in [7, 11) is 0. The fourth-order valence-corrected chi connectivity index (χ4v) is 2.33. The Bertz CT molecular complexity index is 654. The number of aliphatic imine (C=N–C) groups is 1. The Kier molecular flexibility index (Phi) is 8.88. The third-order valence-electron chi connectivity index (χ3n) is 3.73. The zero-order valence-electron chi connectivity index (χ0n) is 15.4. The molecule has 0 spiro atoms. The highest BCUT2D eigenvalue weighted by atomic mass is 127. The first-order valence-corrected chi connectivity index (χ1v) is 8.38. The minimum Gasteiger partial charge on any atom is -0.357 e. The molecule has 1 aromatic carbocycles. The number of hydrogen-bond acceptors (Lipinski definition) is 4. The number of nitrogens with one attached hydrogen (secondary N) is 2. The van der Waals surface area contributed by atoms with Gasteiger partial charge in [0.1, 0.15) is 0 Å². The summed E-state index contributed by atoms with van der Waals surface area (Å²) in [5, 5.41) is 10.4. The van der Waals surface area contributed by atoms with Crippen LogP contribution in [-0.2, 0) is 11.8 Å². The Morgan fingerprint density at radius 3 is 2.52 bits per heavy atom. The molecule has 0 amide bonds. The lowest BCUT2D eigenvalue weighted by Gasteiger charge is -2.23. The summed E-state index contributed by atoms with van der Waals surface area (Å²) in [4.78, 5) is 8.93. The van der Waals surface area contributed by atoms with Crippen LogP contribution in [0.5, 0.6) is 0 Å². The number of guanidine groups is 1. The molecule has 0 aliphatic heterocycles. The number of aromatic nitrogens is 2. The molecule has 1 heterocycles. The van der Waals surface area contributed by atoms with Crippen LogP contribution >= 0.6 is 24.0 Å². The number of aryl methyl sites for hydroxylation is 1. The maximum Gasteiger partial charge on any atom is 0.228 e. The van der Waals surface area contributed by atoms with E-state index < -0.39 is 0 Å². The summed E-state index contributed by atoms with van der Waals surface area (Å²) in [5.41, 5.74) is 1.26. The van der Waals surface area contributed by atoms with Crippen molar-refractivity contribution in [3.8, 4) is 0 Å². The van der Waals surface area contributed by atoms with Crippen molar-refractivity contribution in [2.45, 2.75) is 39.5 Å². The molecule has 6 nitrogen and oxygen atoms in total. The van der Waals surface area contributed by atoms with Crippen LogP contribution in [0.25, 0.3) is 0 Å². The molecule has 0 saturated carbocycles. The molecule has 0 saturated heterocycles. The molecule has 0 atom stereocenters. The Morgan fingerprint density at radius 2 is 1.92 bits per heavy atom. The van der Waals surface area contributed by atoms with Gasteiger partial charge < -0.3 is 15.2 Å². The second-order valence-electron chi connectivity index (χ2n) is 6.36. The smallest absolute Gasteiger partial charge is 0.228 e. The lowest BCUT2D eigenvalue weighted by molar-refractivity contribution is 0.374. The van der Waals surface area contributed by atoms with E-state index in [1.165, 1.54) is 5.56 Å². The van der Waals surface area contributed by atoms with Gasteiger partial charge in [0.05, 0.1) is 6.54 Å². The van der Waals surface area contributed by atoms with E-state index in [0.29, 0.717) is 31.2 Å². The lowest BCUT2D eigenvalue weighted by atomic mass is 9.85. The molecule has 0 aliphatic carbocycles. The fourth-order valence-electron chi connectivity index (χ4n) is 2.33. The predicted octanol–water partition coefficient (Wildman–Crippen LogP) is 3.07. The largest absolute Gasteiger partial charge is 0.357 e. The molecule has 0 radical (unpaired) electrons.